The Balaban J connectivity index is 1.75. The molecule has 2 fully saturated rings. The third-order valence-corrected chi connectivity index (χ3v) is 3.94. The highest BCUT2D eigenvalue weighted by Gasteiger charge is 2.40. The van der Waals surface area contributed by atoms with Gasteiger partial charge in [0.2, 0.25) is 11.8 Å². The Bertz CT molecular complexity index is 522. The van der Waals surface area contributed by atoms with Crippen molar-refractivity contribution in [2.45, 2.75) is 38.8 Å². The van der Waals surface area contributed by atoms with Gasteiger partial charge < -0.3 is 10.2 Å². The largest absolute Gasteiger partial charge is 0.344 e. The van der Waals surface area contributed by atoms with Gasteiger partial charge in [-0.25, -0.2) is 0 Å². The lowest BCUT2D eigenvalue weighted by atomic mass is 10.1. The first-order chi connectivity index (χ1) is 9.63. The van der Waals surface area contributed by atoms with Crippen LogP contribution in [0.3, 0.4) is 0 Å². The summed E-state index contributed by atoms with van der Waals surface area (Å²) in [7, 11) is 0. The molecule has 1 atom stereocenters. The normalized spacial score (nSPS) is 23.4. The van der Waals surface area contributed by atoms with Crippen LogP contribution in [0.5, 0.6) is 0 Å². The Morgan fingerprint density at radius 2 is 2.15 bits per heavy atom. The Morgan fingerprint density at radius 3 is 2.80 bits per heavy atom. The minimum absolute atomic E-state index is 0.0141. The van der Waals surface area contributed by atoms with E-state index in [9.17, 15) is 9.59 Å². The number of pyridine rings is 1. The number of aromatic nitrogens is 1. The van der Waals surface area contributed by atoms with Crippen molar-refractivity contribution >= 4 is 11.8 Å². The van der Waals surface area contributed by atoms with Gasteiger partial charge in [-0.3, -0.25) is 14.6 Å². The first kappa shape index (κ1) is 13.1. The van der Waals surface area contributed by atoms with Crippen LogP contribution in [0, 0.1) is 12.8 Å². The van der Waals surface area contributed by atoms with E-state index in [1.54, 1.807) is 11.1 Å². The number of carbonyl (C=O) groups excluding carboxylic acids is 2. The van der Waals surface area contributed by atoms with E-state index in [1.807, 2.05) is 19.1 Å². The second-order valence-corrected chi connectivity index (χ2v) is 5.70. The highest BCUT2D eigenvalue weighted by Crippen LogP contribution is 2.34. The van der Waals surface area contributed by atoms with Gasteiger partial charge in [0.1, 0.15) is 6.04 Å². The topological polar surface area (TPSA) is 62.3 Å². The molecular weight excluding hydrogens is 254 g/mol. The zero-order valence-corrected chi connectivity index (χ0v) is 11.6. The van der Waals surface area contributed by atoms with Gasteiger partial charge in [-0.1, -0.05) is 6.07 Å². The molecule has 1 N–H and O–H groups in total. The zero-order chi connectivity index (χ0) is 14.1. The molecule has 1 saturated carbocycles. The van der Waals surface area contributed by atoms with Gasteiger partial charge in [0.25, 0.3) is 0 Å². The maximum absolute atomic E-state index is 12.5. The summed E-state index contributed by atoms with van der Waals surface area (Å²) in [5.74, 6) is 0.377. The summed E-state index contributed by atoms with van der Waals surface area (Å²) in [5.41, 5.74) is 1.97. The first-order valence-corrected chi connectivity index (χ1v) is 7.13. The van der Waals surface area contributed by atoms with Gasteiger partial charge in [0, 0.05) is 31.4 Å². The molecule has 2 aliphatic rings. The molecule has 1 aromatic heterocycles. The van der Waals surface area contributed by atoms with Crippen LogP contribution < -0.4 is 5.32 Å². The van der Waals surface area contributed by atoms with E-state index in [0.29, 0.717) is 25.4 Å². The number of nitrogens with one attached hydrogen (secondary N) is 1. The SMILES string of the molecule is Cc1ccc(CN2CCC(=O)NC(C3CC3)C2=O)cn1. The van der Waals surface area contributed by atoms with E-state index in [1.165, 1.54) is 0 Å². The van der Waals surface area contributed by atoms with Crippen molar-refractivity contribution in [3.05, 3.63) is 29.6 Å². The second-order valence-electron chi connectivity index (χ2n) is 5.70. The quantitative estimate of drug-likeness (QED) is 0.894. The van der Waals surface area contributed by atoms with Crippen molar-refractivity contribution in [1.29, 1.82) is 0 Å². The van der Waals surface area contributed by atoms with Crippen LogP contribution in [0.2, 0.25) is 0 Å². The lowest BCUT2D eigenvalue weighted by molar-refractivity contribution is -0.134. The van der Waals surface area contributed by atoms with Crippen LogP contribution in [0.15, 0.2) is 18.3 Å². The summed E-state index contributed by atoms with van der Waals surface area (Å²) in [6.07, 6.45) is 4.26. The zero-order valence-electron chi connectivity index (χ0n) is 11.6. The lowest BCUT2D eigenvalue weighted by Gasteiger charge is -2.24. The van der Waals surface area contributed by atoms with E-state index in [2.05, 4.69) is 10.3 Å². The molecule has 1 saturated heterocycles. The van der Waals surface area contributed by atoms with Crippen LogP contribution >= 0.6 is 0 Å². The highest BCUT2D eigenvalue weighted by molar-refractivity contribution is 5.90. The fourth-order valence-corrected chi connectivity index (χ4v) is 2.57. The number of rotatable bonds is 3. The summed E-state index contributed by atoms with van der Waals surface area (Å²) in [4.78, 5) is 30.3. The van der Waals surface area contributed by atoms with E-state index >= 15 is 0 Å². The number of hydrogen-bond donors (Lipinski definition) is 1. The van der Waals surface area contributed by atoms with Crippen molar-refractivity contribution < 1.29 is 9.59 Å². The third-order valence-electron chi connectivity index (χ3n) is 3.94. The molecule has 1 aliphatic carbocycles. The van der Waals surface area contributed by atoms with Crippen molar-refractivity contribution in [2.75, 3.05) is 6.54 Å². The van der Waals surface area contributed by atoms with Gasteiger partial charge >= 0.3 is 0 Å². The van der Waals surface area contributed by atoms with Gasteiger partial charge in [0.05, 0.1) is 0 Å². The number of amides is 2. The smallest absolute Gasteiger partial charge is 0.245 e. The first-order valence-electron chi connectivity index (χ1n) is 7.13. The van der Waals surface area contributed by atoms with E-state index in [-0.39, 0.29) is 17.9 Å². The Hall–Kier alpha value is -1.91. The molecule has 2 heterocycles. The Labute approximate surface area is 118 Å². The number of carbonyl (C=O) groups is 2. The van der Waals surface area contributed by atoms with Gasteiger partial charge in [-0.05, 0) is 37.3 Å². The van der Waals surface area contributed by atoms with Crippen LogP contribution in [0.25, 0.3) is 0 Å². The molecule has 2 amide bonds. The molecule has 1 aromatic rings. The molecule has 106 valence electrons. The van der Waals surface area contributed by atoms with Gasteiger partial charge in [-0.2, -0.15) is 0 Å². The lowest BCUT2D eigenvalue weighted by Crippen LogP contribution is -2.45. The minimum atomic E-state index is -0.316. The van der Waals surface area contributed by atoms with Crippen molar-refractivity contribution in [1.82, 2.24) is 15.2 Å². The molecular formula is C15H19N3O2. The summed E-state index contributed by atoms with van der Waals surface area (Å²) in [6, 6.07) is 3.62. The van der Waals surface area contributed by atoms with Crippen LogP contribution in [0.4, 0.5) is 0 Å². The predicted molar refractivity (Wildman–Crippen MR) is 73.7 cm³/mol. The molecule has 20 heavy (non-hydrogen) atoms. The average molecular weight is 273 g/mol. The molecule has 5 nitrogen and oxygen atoms in total. The van der Waals surface area contributed by atoms with Crippen molar-refractivity contribution in [3.63, 3.8) is 0 Å². The van der Waals surface area contributed by atoms with E-state index < -0.39 is 0 Å². The summed E-state index contributed by atoms with van der Waals surface area (Å²) < 4.78 is 0. The number of hydrogen-bond acceptors (Lipinski definition) is 3. The van der Waals surface area contributed by atoms with Crippen molar-refractivity contribution in [2.24, 2.45) is 5.92 Å². The molecule has 1 aliphatic heterocycles. The molecule has 5 heteroatoms. The fourth-order valence-electron chi connectivity index (χ4n) is 2.57. The molecule has 0 bridgehead atoms. The van der Waals surface area contributed by atoms with Crippen LogP contribution in [0.1, 0.15) is 30.5 Å². The molecule has 1 unspecified atom stereocenters. The molecule has 0 spiro atoms. The van der Waals surface area contributed by atoms with Gasteiger partial charge in [0.15, 0.2) is 0 Å². The monoisotopic (exact) mass is 273 g/mol. The highest BCUT2D eigenvalue weighted by atomic mass is 16.2. The fraction of sp³-hybridized carbons (Fsp3) is 0.533. The summed E-state index contributed by atoms with van der Waals surface area (Å²) in [5, 5.41) is 2.87. The molecule has 0 aromatic carbocycles. The van der Waals surface area contributed by atoms with Crippen molar-refractivity contribution in [3.8, 4) is 0 Å². The predicted octanol–water partition coefficient (Wildman–Crippen LogP) is 1.02. The Kier molecular flexibility index (Phi) is 3.42. The van der Waals surface area contributed by atoms with Crippen LogP contribution in [-0.4, -0.2) is 34.3 Å². The Morgan fingerprint density at radius 1 is 1.35 bits per heavy atom. The number of aryl methyl sites for hydroxylation is 1. The molecule has 3 rings (SSSR count). The van der Waals surface area contributed by atoms with Gasteiger partial charge in [-0.15, -0.1) is 0 Å². The molecule has 0 radical (unpaired) electrons. The second kappa shape index (κ2) is 5.23. The minimum Gasteiger partial charge on any atom is -0.344 e. The van der Waals surface area contributed by atoms with Crippen LogP contribution in [-0.2, 0) is 16.1 Å². The summed E-state index contributed by atoms with van der Waals surface area (Å²) >= 11 is 0. The summed E-state index contributed by atoms with van der Waals surface area (Å²) in [6.45, 7) is 2.96. The standard InChI is InChI=1S/C15H19N3O2/c1-10-2-3-11(8-16-10)9-18-7-6-13(19)17-14(15(18)20)12-4-5-12/h2-3,8,12,14H,4-7,9H2,1H3,(H,17,19). The van der Waals surface area contributed by atoms with E-state index in [4.69, 9.17) is 0 Å². The maximum Gasteiger partial charge on any atom is 0.245 e. The average Bonchev–Trinajstić information content (AvgIpc) is 3.26. The number of nitrogens with zero attached hydrogens (tertiary/aromatic N) is 2. The maximum atomic E-state index is 12.5. The van der Waals surface area contributed by atoms with E-state index in [0.717, 1.165) is 24.1 Å². The third kappa shape index (κ3) is 2.81.